The summed E-state index contributed by atoms with van der Waals surface area (Å²) in [4.78, 5) is 18.3. The van der Waals surface area contributed by atoms with Crippen LogP contribution in [0.5, 0.6) is 5.75 Å². The first kappa shape index (κ1) is 22.4. The number of nitrogens with two attached hydrogens (primary N) is 1. The van der Waals surface area contributed by atoms with E-state index in [9.17, 15) is 10.1 Å². The summed E-state index contributed by atoms with van der Waals surface area (Å²) in [6.45, 7) is 0. The number of methoxy groups -OCH3 is 1. The number of rotatable bonds is 6. The van der Waals surface area contributed by atoms with Gasteiger partial charge in [-0.1, -0.05) is 48.5 Å². The summed E-state index contributed by atoms with van der Waals surface area (Å²) in [7, 11) is 1.57. The molecule has 176 valence electrons. The number of carbonyl (C=O) groups excluding carboxylic acids is 1. The Morgan fingerprint density at radius 3 is 2.28 bits per heavy atom. The Labute approximate surface area is 206 Å². The molecule has 0 saturated carbocycles. The summed E-state index contributed by atoms with van der Waals surface area (Å²) in [5.74, 6) is 0.562. The fraction of sp³-hybridized carbons (Fsp3) is 0.0370. The molecule has 0 bridgehead atoms. The molecule has 9 nitrogen and oxygen atoms in total. The van der Waals surface area contributed by atoms with Crippen molar-refractivity contribution >= 4 is 34.6 Å². The molecule has 36 heavy (non-hydrogen) atoms. The highest BCUT2D eigenvalue weighted by Crippen LogP contribution is 2.31. The van der Waals surface area contributed by atoms with E-state index in [1.165, 1.54) is 4.52 Å². The van der Waals surface area contributed by atoms with Gasteiger partial charge in [0, 0.05) is 16.9 Å². The predicted octanol–water partition coefficient (Wildman–Crippen LogP) is 4.85. The standard InChI is InChI=1S/C27H21N7O2/c1-36-20-14-12-19(13-15-20)31-27(35)22-25(30-18-10-6-3-7-11-18)33-34-24(29)21(16-28)23(32-26(22)34)17-8-4-2-5-9-17/h2-15H,29H2,1H3,(H,30,33)(H,31,35). The van der Waals surface area contributed by atoms with Gasteiger partial charge in [0.25, 0.3) is 5.91 Å². The first-order valence-electron chi connectivity index (χ1n) is 11.0. The number of nitrogens with one attached hydrogen (secondary N) is 2. The van der Waals surface area contributed by atoms with Gasteiger partial charge in [0.1, 0.15) is 28.8 Å². The number of anilines is 4. The molecular formula is C27H21N7O2. The van der Waals surface area contributed by atoms with Gasteiger partial charge in [0.2, 0.25) is 0 Å². The number of ether oxygens (including phenoxy) is 1. The number of aromatic nitrogens is 3. The van der Waals surface area contributed by atoms with E-state index < -0.39 is 5.91 Å². The van der Waals surface area contributed by atoms with Crippen LogP contribution in [-0.4, -0.2) is 27.6 Å². The largest absolute Gasteiger partial charge is 0.497 e. The molecule has 4 N–H and O–H groups in total. The van der Waals surface area contributed by atoms with E-state index in [4.69, 9.17) is 15.5 Å². The minimum absolute atomic E-state index is 0.0842. The number of hydrogen-bond donors (Lipinski definition) is 3. The molecule has 0 atom stereocenters. The van der Waals surface area contributed by atoms with E-state index in [1.807, 2.05) is 60.7 Å². The van der Waals surface area contributed by atoms with Crippen LogP contribution in [0.1, 0.15) is 15.9 Å². The van der Waals surface area contributed by atoms with Crippen LogP contribution in [0.3, 0.4) is 0 Å². The van der Waals surface area contributed by atoms with Gasteiger partial charge in [-0.25, -0.2) is 4.98 Å². The molecule has 0 aliphatic rings. The van der Waals surface area contributed by atoms with Gasteiger partial charge in [-0.2, -0.15) is 9.78 Å². The second-order valence-electron chi connectivity index (χ2n) is 7.83. The summed E-state index contributed by atoms with van der Waals surface area (Å²) in [5.41, 5.74) is 9.32. The Morgan fingerprint density at radius 2 is 1.64 bits per heavy atom. The number of amides is 1. The second-order valence-corrected chi connectivity index (χ2v) is 7.83. The molecule has 0 aliphatic carbocycles. The summed E-state index contributed by atoms with van der Waals surface area (Å²) in [5, 5.41) is 20.5. The van der Waals surface area contributed by atoms with Crippen LogP contribution in [0, 0.1) is 11.3 Å². The third kappa shape index (κ3) is 4.15. The van der Waals surface area contributed by atoms with Gasteiger partial charge in [0.05, 0.1) is 12.8 Å². The zero-order valence-corrected chi connectivity index (χ0v) is 19.3. The second kappa shape index (κ2) is 9.48. The number of fused-ring (bicyclic) bond motifs is 1. The maximum Gasteiger partial charge on any atom is 0.263 e. The minimum Gasteiger partial charge on any atom is -0.497 e. The van der Waals surface area contributed by atoms with E-state index in [0.29, 0.717) is 22.7 Å². The van der Waals surface area contributed by atoms with E-state index in [1.54, 1.807) is 31.4 Å². The van der Waals surface area contributed by atoms with Crippen LogP contribution < -0.4 is 21.1 Å². The average molecular weight is 476 g/mol. The summed E-state index contributed by atoms with van der Waals surface area (Å²) in [6, 6.07) is 27.6. The zero-order valence-electron chi connectivity index (χ0n) is 19.3. The minimum atomic E-state index is -0.441. The van der Waals surface area contributed by atoms with Gasteiger partial charge in [0.15, 0.2) is 11.5 Å². The topological polar surface area (TPSA) is 130 Å². The Hall–Kier alpha value is -5.36. The molecule has 2 heterocycles. The first-order chi connectivity index (χ1) is 17.6. The number of nitrogen functional groups attached to an aromatic ring is 1. The lowest BCUT2D eigenvalue weighted by Crippen LogP contribution is -2.14. The van der Waals surface area contributed by atoms with Crippen LogP contribution in [0.25, 0.3) is 16.9 Å². The van der Waals surface area contributed by atoms with E-state index in [-0.39, 0.29) is 28.4 Å². The van der Waals surface area contributed by atoms with Crippen LogP contribution in [0.4, 0.5) is 23.0 Å². The number of para-hydroxylation sites is 1. The molecule has 9 heteroatoms. The lowest BCUT2D eigenvalue weighted by Gasteiger charge is -2.10. The van der Waals surface area contributed by atoms with E-state index in [2.05, 4.69) is 21.8 Å². The van der Waals surface area contributed by atoms with Crippen molar-refractivity contribution in [2.24, 2.45) is 0 Å². The van der Waals surface area contributed by atoms with Crippen molar-refractivity contribution in [3.63, 3.8) is 0 Å². The van der Waals surface area contributed by atoms with Crippen LogP contribution in [0.2, 0.25) is 0 Å². The number of hydrogen-bond acceptors (Lipinski definition) is 7. The van der Waals surface area contributed by atoms with Gasteiger partial charge in [-0.3, -0.25) is 4.79 Å². The first-order valence-corrected chi connectivity index (χ1v) is 11.0. The van der Waals surface area contributed by atoms with Crippen LogP contribution >= 0.6 is 0 Å². The van der Waals surface area contributed by atoms with Crippen molar-refractivity contribution < 1.29 is 9.53 Å². The lowest BCUT2D eigenvalue weighted by molar-refractivity contribution is 0.102. The van der Waals surface area contributed by atoms with Crippen LogP contribution in [0.15, 0.2) is 84.9 Å². The highest BCUT2D eigenvalue weighted by atomic mass is 16.5. The third-order valence-corrected chi connectivity index (χ3v) is 5.57. The fourth-order valence-corrected chi connectivity index (χ4v) is 3.81. The number of carbonyl (C=O) groups is 1. The van der Waals surface area contributed by atoms with Crippen molar-refractivity contribution in [1.82, 2.24) is 14.6 Å². The SMILES string of the molecule is COc1ccc(NC(=O)c2c(Nc3ccccc3)nn3c(N)c(C#N)c(-c4ccccc4)nc23)cc1. The molecule has 0 aliphatic heterocycles. The quantitative estimate of drug-likeness (QED) is 0.320. The highest BCUT2D eigenvalue weighted by Gasteiger charge is 2.26. The van der Waals surface area contributed by atoms with Gasteiger partial charge >= 0.3 is 0 Å². The third-order valence-electron chi connectivity index (χ3n) is 5.57. The van der Waals surface area contributed by atoms with Gasteiger partial charge in [-0.05, 0) is 36.4 Å². The number of nitriles is 1. The van der Waals surface area contributed by atoms with Gasteiger partial charge < -0.3 is 21.1 Å². The number of nitrogens with zero attached hydrogens (tertiary/aromatic N) is 4. The van der Waals surface area contributed by atoms with Crippen molar-refractivity contribution in [3.8, 4) is 23.1 Å². The van der Waals surface area contributed by atoms with E-state index >= 15 is 0 Å². The molecule has 0 spiro atoms. The highest BCUT2D eigenvalue weighted by molar-refractivity contribution is 6.12. The van der Waals surface area contributed by atoms with Crippen LogP contribution in [-0.2, 0) is 0 Å². The summed E-state index contributed by atoms with van der Waals surface area (Å²) < 4.78 is 6.51. The summed E-state index contributed by atoms with van der Waals surface area (Å²) in [6.07, 6.45) is 0. The summed E-state index contributed by atoms with van der Waals surface area (Å²) >= 11 is 0. The molecule has 0 unspecified atom stereocenters. The van der Waals surface area contributed by atoms with Crippen molar-refractivity contribution in [2.45, 2.75) is 0 Å². The Morgan fingerprint density at radius 1 is 0.972 bits per heavy atom. The normalized spacial score (nSPS) is 10.6. The molecule has 2 aromatic heterocycles. The van der Waals surface area contributed by atoms with Crippen molar-refractivity contribution in [3.05, 3.63) is 96.1 Å². The molecule has 5 aromatic rings. The fourth-order valence-electron chi connectivity index (χ4n) is 3.81. The average Bonchev–Trinajstić information content (AvgIpc) is 3.28. The van der Waals surface area contributed by atoms with E-state index in [0.717, 1.165) is 5.69 Å². The lowest BCUT2D eigenvalue weighted by atomic mass is 10.1. The predicted molar refractivity (Wildman–Crippen MR) is 138 cm³/mol. The smallest absolute Gasteiger partial charge is 0.263 e. The Kier molecular flexibility index (Phi) is 5.91. The molecular weight excluding hydrogens is 454 g/mol. The maximum atomic E-state index is 13.6. The molecule has 3 aromatic carbocycles. The Balaban J connectivity index is 1.69. The molecule has 0 fully saturated rings. The zero-order chi connectivity index (χ0) is 25.1. The molecule has 0 radical (unpaired) electrons. The number of benzene rings is 3. The Bertz CT molecular complexity index is 1590. The maximum absolute atomic E-state index is 13.6. The monoisotopic (exact) mass is 475 g/mol. The van der Waals surface area contributed by atoms with Gasteiger partial charge in [-0.15, -0.1) is 5.10 Å². The molecule has 1 amide bonds. The molecule has 0 saturated heterocycles. The van der Waals surface area contributed by atoms with Crippen molar-refractivity contribution in [2.75, 3.05) is 23.5 Å². The molecule has 5 rings (SSSR count). The van der Waals surface area contributed by atoms with Crippen molar-refractivity contribution in [1.29, 1.82) is 5.26 Å².